The Hall–Kier alpha value is -0.0800. The first kappa shape index (κ1) is 13.0. The van der Waals surface area contributed by atoms with Gasteiger partial charge in [-0.2, -0.15) is 0 Å². The first-order valence-electron chi connectivity index (χ1n) is 6.60. The summed E-state index contributed by atoms with van der Waals surface area (Å²) in [5.74, 6) is 1.79. The van der Waals surface area contributed by atoms with Crippen molar-refractivity contribution >= 4 is 0 Å². The molecule has 1 rings (SSSR count). The summed E-state index contributed by atoms with van der Waals surface area (Å²) in [7, 11) is 0. The summed E-state index contributed by atoms with van der Waals surface area (Å²) in [5, 5.41) is 3.63. The molecule has 1 aliphatic carbocycles. The Labute approximate surface area is 94.8 Å². The van der Waals surface area contributed by atoms with Crippen molar-refractivity contribution in [2.45, 2.75) is 52.5 Å². The van der Waals surface area contributed by atoms with E-state index in [1.165, 1.54) is 19.3 Å². The minimum absolute atomic E-state index is 0.736. The van der Waals surface area contributed by atoms with Crippen LogP contribution in [0.3, 0.4) is 0 Å². The van der Waals surface area contributed by atoms with Gasteiger partial charge in [-0.3, -0.25) is 0 Å². The molecule has 0 radical (unpaired) electrons. The molecule has 0 aliphatic heterocycles. The summed E-state index contributed by atoms with van der Waals surface area (Å²) < 4.78 is 5.47. The summed E-state index contributed by atoms with van der Waals surface area (Å²) >= 11 is 0. The van der Waals surface area contributed by atoms with E-state index < -0.39 is 0 Å². The van der Waals surface area contributed by atoms with E-state index in [1.54, 1.807) is 0 Å². The van der Waals surface area contributed by atoms with Crippen molar-refractivity contribution in [1.29, 1.82) is 0 Å². The second-order valence-corrected chi connectivity index (χ2v) is 4.78. The van der Waals surface area contributed by atoms with Crippen LogP contribution in [-0.2, 0) is 4.74 Å². The molecule has 0 heterocycles. The van der Waals surface area contributed by atoms with Crippen molar-refractivity contribution in [2.24, 2.45) is 11.8 Å². The van der Waals surface area contributed by atoms with E-state index in [4.69, 9.17) is 4.74 Å². The number of nitrogens with one attached hydrogen (secondary N) is 1. The zero-order valence-electron chi connectivity index (χ0n) is 10.6. The van der Waals surface area contributed by atoms with Crippen LogP contribution in [0, 0.1) is 11.8 Å². The van der Waals surface area contributed by atoms with Crippen LogP contribution < -0.4 is 5.32 Å². The first-order valence-corrected chi connectivity index (χ1v) is 6.60. The summed E-state index contributed by atoms with van der Waals surface area (Å²) in [5.41, 5.74) is 0. The molecule has 0 spiro atoms. The highest BCUT2D eigenvalue weighted by Crippen LogP contribution is 2.33. The molecule has 0 saturated heterocycles. The Bertz CT molecular complexity index is 161. The van der Waals surface area contributed by atoms with Crippen molar-refractivity contribution in [1.82, 2.24) is 5.32 Å². The Morgan fingerprint density at radius 1 is 1.20 bits per heavy atom. The van der Waals surface area contributed by atoms with E-state index in [-0.39, 0.29) is 0 Å². The van der Waals surface area contributed by atoms with Gasteiger partial charge in [0.1, 0.15) is 0 Å². The average Bonchev–Trinajstić information content (AvgIpc) is 2.60. The van der Waals surface area contributed by atoms with Crippen molar-refractivity contribution in [3.05, 3.63) is 0 Å². The third kappa shape index (κ3) is 4.12. The fourth-order valence-corrected chi connectivity index (χ4v) is 2.67. The lowest BCUT2D eigenvalue weighted by molar-refractivity contribution is 0.132. The van der Waals surface area contributed by atoms with Gasteiger partial charge in [0.05, 0.1) is 6.61 Å². The lowest BCUT2D eigenvalue weighted by Gasteiger charge is -2.20. The smallest absolute Gasteiger partial charge is 0.0590 e. The predicted octanol–water partition coefficient (Wildman–Crippen LogP) is 2.83. The topological polar surface area (TPSA) is 21.3 Å². The molecule has 90 valence electrons. The zero-order chi connectivity index (χ0) is 11.1. The van der Waals surface area contributed by atoms with E-state index in [0.29, 0.717) is 0 Å². The number of ether oxygens (including phenoxy) is 1. The van der Waals surface area contributed by atoms with Crippen LogP contribution in [0.2, 0.25) is 0 Å². The van der Waals surface area contributed by atoms with Gasteiger partial charge in [0.25, 0.3) is 0 Å². The van der Waals surface area contributed by atoms with Gasteiger partial charge >= 0.3 is 0 Å². The van der Waals surface area contributed by atoms with Gasteiger partial charge in [0.2, 0.25) is 0 Å². The SMILES string of the molecule is CCCOCCNC1CCC(CC)C1C. The van der Waals surface area contributed by atoms with Gasteiger partial charge in [-0.25, -0.2) is 0 Å². The van der Waals surface area contributed by atoms with Crippen LogP contribution in [0.1, 0.15) is 46.5 Å². The second kappa shape index (κ2) is 7.24. The van der Waals surface area contributed by atoms with Crippen LogP contribution in [0.25, 0.3) is 0 Å². The average molecular weight is 213 g/mol. The van der Waals surface area contributed by atoms with Crippen LogP contribution in [0.4, 0.5) is 0 Å². The molecule has 0 amide bonds. The molecule has 0 aromatic rings. The van der Waals surface area contributed by atoms with E-state index >= 15 is 0 Å². The van der Waals surface area contributed by atoms with Gasteiger partial charge in [0.15, 0.2) is 0 Å². The zero-order valence-corrected chi connectivity index (χ0v) is 10.6. The van der Waals surface area contributed by atoms with Crippen LogP contribution in [0.15, 0.2) is 0 Å². The molecular weight excluding hydrogens is 186 g/mol. The summed E-state index contributed by atoms with van der Waals surface area (Å²) in [6.07, 6.45) is 5.22. The maximum atomic E-state index is 5.47. The van der Waals surface area contributed by atoms with Gasteiger partial charge in [-0.1, -0.05) is 27.2 Å². The maximum absolute atomic E-state index is 5.47. The maximum Gasteiger partial charge on any atom is 0.0590 e. The molecule has 0 aromatic carbocycles. The monoisotopic (exact) mass is 213 g/mol. The highest BCUT2D eigenvalue weighted by molar-refractivity contribution is 4.86. The van der Waals surface area contributed by atoms with Crippen molar-refractivity contribution in [3.8, 4) is 0 Å². The van der Waals surface area contributed by atoms with Crippen LogP contribution >= 0.6 is 0 Å². The minimum atomic E-state index is 0.736. The molecule has 0 aromatic heterocycles. The fraction of sp³-hybridized carbons (Fsp3) is 1.00. The summed E-state index contributed by atoms with van der Waals surface area (Å²) in [6.45, 7) is 9.65. The van der Waals surface area contributed by atoms with Gasteiger partial charge in [0, 0.05) is 19.2 Å². The predicted molar refractivity (Wildman–Crippen MR) is 65.1 cm³/mol. The third-order valence-electron chi connectivity index (χ3n) is 3.75. The summed E-state index contributed by atoms with van der Waals surface area (Å²) in [6, 6.07) is 0.736. The largest absolute Gasteiger partial charge is 0.380 e. The normalized spacial score (nSPS) is 31.0. The molecule has 1 aliphatic rings. The third-order valence-corrected chi connectivity index (χ3v) is 3.75. The fourth-order valence-electron chi connectivity index (χ4n) is 2.67. The lowest BCUT2D eigenvalue weighted by Crippen LogP contribution is -2.35. The van der Waals surface area contributed by atoms with Crippen LogP contribution in [-0.4, -0.2) is 25.8 Å². The highest BCUT2D eigenvalue weighted by atomic mass is 16.5. The van der Waals surface area contributed by atoms with E-state index in [2.05, 4.69) is 26.1 Å². The molecule has 3 atom stereocenters. The van der Waals surface area contributed by atoms with Crippen molar-refractivity contribution < 1.29 is 4.74 Å². The van der Waals surface area contributed by atoms with Crippen LogP contribution in [0.5, 0.6) is 0 Å². The van der Waals surface area contributed by atoms with Gasteiger partial charge < -0.3 is 10.1 Å². The molecule has 15 heavy (non-hydrogen) atoms. The van der Waals surface area contributed by atoms with E-state index in [0.717, 1.165) is 44.1 Å². The van der Waals surface area contributed by atoms with Crippen molar-refractivity contribution in [2.75, 3.05) is 19.8 Å². The van der Waals surface area contributed by atoms with E-state index in [9.17, 15) is 0 Å². The molecule has 1 N–H and O–H groups in total. The number of hydrogen-bond donors (Lipinski definition) is 1. The minimum Gasteiger partial charge on any atom is -0.380 e. The Morgan fingerprint density at radius 2 is 2.00 bits per heavy atom. The van der Waals surface area contributed by atoms with Gasteiger partial charge in [-0.15, -0.1) is 0 Å². The standard InChI is InChI=1S/C13H27NO/c1-4-9-15-10-8-14-13-7-6-12(5-2)11(13)3/h11-14H,4-10H2,1-3H3. The summed E-state index contributed by atoms with van der Waals surface area (Å²) in [4.78, 5) is 0. The highest BCUT2D eigenvalue weighted by Gasteiger charge is 2.30. The van der Waals surface area contributed by atoms with E-state index in [1.807, 2.05) is 0 Å². The molecule has 1 saturated carbocycles. The quantitative estimate of drug-likeness (QED) is 0.657. The second-order valence-electron chi connectivity index (χ2n) is 4.78. The molecule has 1 fully saturated rings. The Balaban J connectivity index is 2.07. The van der Waals surface area contributed by atoms with Gasteiger partial charge in [-0.05, 0) is 31.1 Å². The first-order chi connectivity index (χ1) is 7.29. The molecular formula is C13H27NO. The Morgan fingerprint density at radius 3 is 2.60 bits per heavy atom. The molecule has 2 heteroatoms. The van der Waals surface area contributed by atoms with Crippen molar-refractivity contribution in [3.63, 3.8) is 0 Å². The molecule has 2 nitrogen and oxygen atoms in total. The number of rotatable bonds is 7. The lowest BCUT2D eigenvalue weighted by atomic mass is 9.93. The molecule has 3 unspecified atom stereocenters. The number of hydrogen-bond acceptors (Lipinski definition) is 2. The Kier molecular flexibility index (Phi) is 6.26. The molecule has 0 bridgehead atoms.